The van der Waals surface area contributed by atoms with E-state index in [-0.39, 0.29) is 18.5 Å². The average molecular weight is 271 g/mol. The van der Waals surface area contributed by atoms with Crippen molar-refractivity contribution >= 4 is 11.9 Å². The monoisotopic (exact) mass is 271 g/mol. The molecule has 2 heterocycles. The topological polar surface area (TPSA) is 82.1 Å². The van der Waals surface area contributed by atoms with Crippen LogP contribution >= 0.6 is 0 Å². The van der Waals surface area contributed by atoms with Crippen molar-refractivity contribution in [3.63, 3.8) is 0 Å². The van der Waals surface area contributed by atoms with Crippen LogP contribution in [-0.4, -0.2) is 85.3 Å². The van der Waals surface area contributed by atoms with E-state index in [1.165, 1.54) is 0 Å². The number of morpholine rings is 1. The van der Waals surface area contributed by atoms with Crippen molar-refractivity contribution in [2.24, 2.45) is 0 Å². The largest absolute Gasteiger partial charge is 0.480 e. The number of aliphatic carboxylic acids is 1. The van der Waals surface area contributed by atoms with Gasteiger partial charge in [0.1, 0.15) is 0 Å². The number of ether oxygens (including phenoxy) is 1. The molecule has 0 aliphatic carbocycles. The number of carbonyl (C=O) groups is 2. The molecule has 1 atom stereocenters. The molecule has 0 aromatic rings. The number of nitrogens with one attached hydrogen (secondary N) is 1. The predicted octanol–water partition coefficient (Wildman–Crippen LogP) is -1.41. The van der Waals surface area contributed by atoms with Crippen molar-refractivity contribution in [3.05, 3.63) is 0 Å². The van der Waals surface area contributed by atoms with Gasteiger partial charge in [0, 0.05) is 45.2 Å². The van der Waals surface area contributed by atoms with Crippen LogP contribution in [0.4, 0.5) is 0 Å². The minimum Gasteiger partial charge on any atom is -0.480 e. The lowest BCUT2D eigenvalue weighted by Gasteiger charge is -2.35. The van der Waals surface area contributed by atoms with E-state index in [1.54, 1.807) is 0 Å². The Morgan fingerprint density at radius 3 is 2.58 bits per heavy atom. The Bertz CT molecular complexity index is 323. The number of amides is 1. The second kappa shape index (κ2) is 6.83. The Balaban J connectivity index is 1.71. The van der Waals surface area contributed by atoms with Crippen LogP contribution in [0.15, 0.2) is 0 Å². The van der Waals surface area contributed by atoms with Gasteiger partial charge in [0.05, 0.1) is 19.8 Å². The molecule has 2 aliphatic heterocycles. The van der Waals surface area contributed by atoms with Crippen molar-refractivity contribution in [2.45, 2.75) is 12.5 Å². The van der Waals surface area contributed by atoms with Gasteiger partial charge in [0.2, 0.25) is 5.91 Å². The van der Waals surface area contributed by atoms with Gasteiger partial charge in [-0.3, -0.25) is 14.5 Å². The molecule has 0 spiro atoms. The summed E-state index contributed by atoms with van der Waals surface area (Å²) in [7, 11) is 0. The van der Waals surface area contributed by atoms with Gasteiger partial charge < -0.3 is 20.1 Å². The summed E-state index contributed by atoms with van der Waals surface area (Å²) in [6.07, 6.45) is 0.457. The smallest absolute Gasteiger partial charge is 0.317 e. The first-order valence-corrected chi connectivity index (χ1v) is 6.68. The van der Waals surface area contributed by atoms with Gasteiger partial charge in [0.25, 0.3) is 0 Å². The molecule has 0 radical (unpaired) electrons. The molecular weight excluding hydrogens is 250 g/mol. The second-order valence-corrected chi connectivity index (χ2v) is 4.98. The van der Waals surface area contributed by atoms with Gasteiger partial charge in [-0.25, -0.2) is 0 Å². The van der Waals surface area contributed by atoms with E-state index in [0.29, 0.717) is 45.8 Å². The van der Waals surface area contributed by atoms with Crippen LogP contribution in [-0.2, 0) is 14.3 Å². The molecule has 1 unspecified atom stereocenters. The molecule has 108 valence electrons. The summed E-state index contributed by atoms with van der Waals surface area (Å²) in [6.45, 7) is 4.63. The molecule has 0 saturated carbocycles. The highest BCUT2D eigenvalue weighted by Gasteiger charge is 2.25. The fourth-order valence-corrected chi connectivity index (χ4v) is 2.44. The highest BCUT2D eigenvalue weighted by Crippen LogP contribution is 2.07. The van der Waals surface area contributed by atoms with E-state index < -0.39 is 5.97 Å². The van der Waals surface area contributed by atoms with E-state index >= 15 is 0 Å². The number of carbonyl (C=O) groups excluding carboxylic acids is 1. The predicted molar refractivity (Wildman–Crippen MR) is 67.9 cm³/mol. The maximum Gasteiger partial charge on any atom is 0.317 e. The highest BCUT2D eigenvalue weighted by molar-refractivity contribution is 5.77. The van der Waals surface area contributed by atoms with Crippen LogP contribution in [0.1, 0.15) is 6.42 Å². The van der Waals surface area contributed by atoms with Gasteiger partial charge in [-0.2, -0.15) is 0 Å². The summed E-state index contributed by atoms with van der Waals surface area (Å²) < 4.78 is 5.32. The molecule has 2 saturated heterocycles. The first kappa shape index (κ1) is 14.2. The van der Waals surface area contributed by atoms with E-state index in [1.807, 2.05) is 9.80 Å². The van der Waals surface area contributed by atoms with E-state index in [4.69, 9.17) is 9.84 Å². The zero-order valence-corrected chi connectivity index (χ0v) is 11.0. The van der Waals surface area contributed by atoms with Gasteiger partial charge in [-0.05, 0) is 0 Å². The Hall–Kier alpha value is -1.18. The maximum absolute atomic E-state index is 12.1. The number of carboxylic acids is 1. The van der Waals surface area contributed by atoms with E-state index in [2.05, 4.69) is 5.32 Å². The number of piperazine rings is 1. The maximum atomic E-state index is 12.1. The minimum absolute atomic E-state index is 0.0556. The third-order valence-electron chi connectivity index (χ3n) is 3.50. The summed E-state index contributed by atoms with van der Waals surface area (Å²) in [5.74, 6) is -0.693. The van der Waals surface area contributed by atoms with Crippen molar-refractivity contribution < 1.29 is 19.4 Å². The first-order valence-electron chi connectivity index (χ1n) is 6.68. The van der Waals surface area contributed by atoms with Crippen LogP contribution in [0, 0.1) is 0 Å². The van der Waals surface area contributed by atoms with Crippen LogP contribution in [0.2, 0.25) is 0 Å². The van der Waals surface area contributed by atoms with Gasteiger partial charge in [-0.15, -0.1) is 0 Å². The molecule has 0 aromatic heterocycles. The molecule has 1 amide bonds. The lowest BCUT2D eigenvalue weighted by Crippen LogP contribution is -2.52. The van der Waals surface area contributed by atoms with Crippen molar-refractivity contribution in [1.82, 2.24) is 15.1 Å². The Morgan fingerprint density at radius 2 is 2.00 bits per heavy atom. The van der Waals surface area contributed by atoms with Crippen molar-refractivity contribution in [2.75, 3.05) is 52.5 Å². The number of hydrogen-bond acceptors (Lipinski definition) is 5. The molecule has 2 fully saturated rings. The fourth-order valence-electron chi connectivity index (χ4n) is 2.44. The van der Waals surface area contributed by atoms with Gasteiger partial charge in [-0.1, -0.05) is 0 Å². The zero-order valence-electron chi connectivity index (χ0n) is 11.0. The summed E-state index contributed by atoms with van der Waals surface area (Å²) in [5, 5.41) is 12.0. The summed E-state index contributed by atoms with van der Waals surface area (Å²) in [4.78, 5) is 26.4. The molecule has 0 aromatic carbocycles. The molecule has 7 heteroatoms. The summed E-state index contributed by atoms with van der Waals surface area (Å²) in [5.41, 5.74) is 0. The number of rotatable bonds is 4. The third kappa shape index (κ3) is 4.45. The van der Waals surface area contributed by atoms with Crippen LogP contribution in [0.5, 0.6) is 0 Å². The standard InChI is InChI=1S/C12H21N3O4/c16-11(7-10-9-19-6-1-13-10)15-4-2-14(3-5-15)8-12(17)18/h10,13H,1-9H2,(H,17,18). The van der Waals surface area contributed by atoms with Gasteiger partial charge >= 0.3 is 5.97 Å². The molecule has 7 nitrogen and oxygen atoms in total. The normalized spacial score (nSPS) is 25.3. The Kier molecular flexibility index (Phi) is 5.12. The Morgan fingerprint density at radius 1 is 1.26 bits per heavy atom. The SMILES string of the molecule is O=C(O)CN1CCN(C(=O)CC2COCCN2)CC1. The third-order valence-corrected chi connectivity index (χ3v) is 3.50. The average Bonchev–Trinajstić information content (AvgIpc) is 2.40. The van der Waals surface area contributed by atoms with Crippen molar-refractivity contribution in [1.29, 1.82) is 0 Å². The number of hydrogen-bond donors (Lipinski definition) is 2. The fraction of sp³-hybridized carbons (Fsp3) is 0.833. The Labute approximate surface area is 112 Å². The lowest BCUT2D eigenvalue weighted by molar-refractivity contribution is -0.139. The molecule has 0 bridgehead atoms. The van der Waals surface area contributed by atoms with E-state index in [9.17, 15) is 9.59 Å². The summed E-state index contributed by atoms with van der Waals surface area (Å²) in [6, 6.07) is 0.110. The van der Waals surface area contributed by atoms with Gasteiger partial charge in [0.15, 0.2) is 0 Å². The quantitative estimate of drug-likeness (QED) is 0.654. The number of nitrogens with zero attached hydrogens (tertiary/aromatic N) is 2. The second-order valence-electron chi connectivity index (χ2n) is 4.98. The molecular formula is C12H21N3O4. The van der Waals surface area contributed by atoms with E-state index in [0.717, 1.165) is 6.54 Å². The van der Waals surface area contributed by atoms with Crippen LogP contribution < -0.4 is 5.32 Å². The molecule has 2 N–H and O–H groups in total. The summed E-state index contributed by atoms with van der Waals surface area (Å²) >= 11 is 0. The first-order chi connectivity index (χ1) is 9.15. The highest BCUT2D eigenvalue weighted by atomic mass is 16.5. The lowest BCUT2D eigenvalue weighted by atomic mass is 10.1. The van der Waals surface area contributed by atoms with Crippen molar-refractivity contribution in [3.8, 4) is 0 Å². The minimum atomic E-state index is -0.816. The van der Waals surface area contributed by atoms with Crippen LogP contribution in [0.3, 0.4) is 0 Å². The molecule has 2 rings (SSSR count). The van der Waals surface area contributed by atoms with Crippen LogP contribution in [0.25, 0.3) is 0 Å². The molecule has 2 aliphatic rings. The molecule has 19 heavy (non-hydrogen) atoms. The number of carboxylic acid groups (broad SMARTS) is 1. The zero-order chi connectivity index (χ0) is 13.7.